The predicted molar refractivity (Wildman–Crippen MR) is 105 cm³/mol. The van der Waals surface area contributed by atoms with E-state index < -0.39 is 17.2 Å². The van der Waals surface area contributed by atoms with E-state index in [-0.39, 0.29) is 11.5 Å². The van der Waals surface area contributed by atoms with Gasteiger partial charge in [0.25, 0.3) is 11.5 Å². The lowest BCUT2D eigenvalue weighted by Gasteiger charge is -2.21. The molecule has 0 atom stereocenters. The molecule has 0 saturated carbocycles. The number of hydrogen-bond donors (Lipinski definition) is 2. The van der Waals surface area contributed by atoms with Crippen molar-refractivity contribution < 1.29 is 4.79 Å². The van der Waals surface area contributed by atoms with E-state index in [1.54, 1.807) is 24.4 Å². The Morgan fingerprint density at radius 2 is 2.00 bits per heavy atom. The van der Waals surface area contributed by atoms with E-state index >= 15 is 0 Å². The lowest BCUT2D eigenvalue weighted by Crippen LogP contribution is -2.39. The first-order valence-corrected chi connectivity index (χ1v) is 8.70. The second-order valence-corrected chi connectivity index (χ2v) is 6.24. The summed E-state index contributed by atoms with van der Waals surface area (Å²) in [5.41, 5.74) is 5.84. The van der Waals surface area contributed by atoms with Gasteiger partial charge in [0, 0.05) is 25.2 Å². The van der Waals surface area contributed by atoms with Gasteiger partial charge in [-0.05, 0) is 18.6 Å². The second-order valence-electron chi connectivity index (χ2n) is 6.24. The minimum Gasteiger partial charge on any atom is -0.383 e. The summed E-state index contributed by atoms with van der Waals surface area (Å²) in [6.07, 6.45) is 3.12. The van der Waals surface area contributed by atoms with E-state index in [1.165, 1.54) is 16.5 Å². The molecule has 8 heteroatoms. The lowest BCUT2D eigenvalue weighted by molar-refractivity contribution is 0.0994. The summed E-state index contributed by atoms with van der Waals surface area (Å²) in [6, 6.07) is 8.84. The summed E-state index contributed by atoms with van der Waals surface area (Å²) in [4.78, 5) is 45.2. The Kier molecular flexibility index (Phi) is 5.07. The third-order valence-corrected chi connectivity index (χ3v) is 4.47. The third-order valence-electron chi connectivity index (χ3n) is 4.47. The van der Waals surface area contributed by atoms with E-state index in [2.05, 4.69) is 9.97 Å². The van der Waals surface area contributed by atoms with E-state index in [0.29, 0.717) is 23.0 Å². The summed E-state index contributed by atoms with van der Waals surface area (Å²) in [5, 5.41) is 0.672. The molecule has 2 heterocycles. The molecular formula is C19H21N5O3. The SMILES string of the molecule is CCCCn1c(N)c(N(C)C(=O)c2ccnc3ccccc23)c(=O)[nH]c1=O. The highest BCUT2D eigenvalue weighted by atomic mass is 16.2. The molecule has 0 fully saturated rings. The van der Waals surface area contributed by atoms with E-state index in [4.69, 9.17) is 5.73 Å². The molecule has 1 amide bonds. The van der Waals surface area contributed by atoms with Gasteiger partial charge in [0.05, 0.1) is 11.1 Å². The molecule has 0 spiro atoms. The number of nitrogens with two attached hydrogens (primary N) is 1. The number of anilines is 2. The third kappa shape index (κ3) is 3.33. The maximum Gasteiger partial charge on any atom is 0.330 e. The maximum absolute atomic E-state index is 13.1. The monoisotopic (exact) mass is 367 g/mol. The minimum absolute atomic E-state index is 0.0218. The Bertz CT molecular complexity index is 1110. The zero-order valence-corrected chi connectivity index (χ0v) is 15.2. The van der Waals surface area contributed by atoms with Gasteiger partial charge < -0.3 is 10.6 Å². The molecule has 0 aliphatic carbocycles. The highest BCUT2D eigenvalue weighted by Crippen LogP contribution is 2.22. The molecule has 27 heavy (non-hydrogen) atoms. The van der Waals surface area contributed by atoms with Crippen LogP contribution in [0.25, 0.3) is 10.9 Å². The van der Waals surface area contributed by atoms with E-state index in [0.717, 1.165) is 12.8 Å². The molecule has 0 saturated heterocycles. The first-order chi connectivity index (χ1) is 13.0. The molecule has 1 aromatic carbocycles. The number of aromatic nitrogens is 3. The maximum atomic E-state index is 13.1. The van der Waals surface area contributed by atoms with Crippen LogP contribution in [0.5, 0.6) is 0 Å². The van der Waals surface area contributed by atoms with Gasteiger partial charge in [0.15, 0.2) is 5.69 Å². The number of nitrogens with zero attached hydrogens (tertiary/aromatic N) is 3. The largest absolute Gasteiger partial charge is 0.383 e. The molecule has 3 rings (SSSR count). The lowest BCUT2D eigenvalue weighted by atomic mass is 10.1. The average Bonchev–Trinajstić information content (AvgIpc) is 2.66. The van der Waals surface area contributed by atoms with Crippen molar-refractivity contribution in [2.75, 3.05) is 17.7 Å². The van der Waals surface area contributed by atoms with Gasteiger partial charge in [0.2, 0.25) is 0 Å². The number of benzene rings is 1. The number of nitrogen functional groups attached to an aromatic ring is 1. The van der Waals surface area contributed by atoms with Crippen LogP contribution in [0.4, 0.5) is 11.5 Å². The van der Waals surface area contributed by atoms with Gasteiger partial charge in [0.1, 0.15) is 5.82 Å². The van der Waals surface area contributed by atoms with Crippen LogP contribution < -0.4 is 21.9 Å². The number of fused-ring (bicyclic) bond motifs is 1. The van der Waals surface area contributed by atoms with Crippen LogP contribution in [0.15, 0.2) is 46.1 Å². The zero-order chi connectivity index (χ0) is 19.6. The molecule has 0 bridgehead atoms. The number of unbranched alkanes of at least 4 members (excludes halogenated alkanes) is 1. The Balaban J connectivity index is 2.10. The van der Waals surface area contributed by atoms with Crippen molar-refractivity contribution in [3.8, 4) is 0 Å². The average molecular weight is 367 g/mol. The molecule has 3 N–H and O–H groups in total. The van der Waals surface area contributed by atoms with Crippen LogP contribution in [0.2, 0.25) is 0 Å². The van der Waals surface area contributed by atoms with Crippen molar-refractivity contribution in [2.45, 2.75) is 26.3 Å². The van der Waals surface area contributed by atoms with Gasteiger partial charge in [-0.25, -0.2) is 4.79 Å². The number of H-pyrrole nitrogens is 1. The van der Waals surface area contributed by atoms with Crippen molar-refractivity contribution in [2.24, 2.45) is 0 Å². The number of carbonyl (C=O) groups is 1. The van der Waals surface area contributed by atoms with Gasteiger partial charge in [-0.2, -0.15) is 0 Å². The highest BCUT2D eigenvalue weighted by Gasteiger charge is 2.23. The highest BCUT2D eigenvalue weighted by molar-refractivity contribution is 6.13. The number of nitrogens with one attached hydrogen (secondary N) is 1. The summed E-state index contributed by atoms with van der Waals surface area (Å²) in [6.45, 7) is 2.35. The Morgan fingerprint density at radius 3 is 2.74 bits per heavy atom. The second kappa shape index (κ2) is 7.45. The Labute approximate surface area is 155 Å². The van der Waals surface area contributed by atoms with E-state index in [9.17, 15) is 14.4 Å². The molecule has 140 valence electrons. The van der Waals surface area contributed by atoms with Crippen LogP contribution in [0, 0.1) is 0 Å². The van der Waals surface area contributed by atoms with Gasteiger partial charge in [-0.3, -0.25) is 24.1 Å². The molecule has 0 radical (unpaired) electrons. The molecular weight excluding hydrogens is 346 g/mol. The molecule has 0 aliphatic heterocycles. The van der Waals surface area contributed by atoms with Crippen LogP contribution in [-0.2, 0) is 6.54 Å². The standard InChI is InChI=1S/C19H21N5O3/c1-3-4-11-24-16(20)15(17(25)22-19(24)27)23(2)18(26)13-9-10-21-14-8-6-5-7-12(13)14/h5-10H,3-4,11,20H2,1-2H3,(H,22,25,27). The number of pyridine rings is 1. The van der Waals surface area contributed by atoms with Crippen molar-refractivity contribution in [3.05, 3.63) is 62.9 Å². The van der Waals surface area contributed by atoms with Crippen molar-refractivity contribution in [3.63, 3.8) is 0 Å². The summed E-state index contributed by atoms with van der Waals surface area (Å²) < 4.78 is 1.29. The quantitative estimate of drug-likeness (QED) is 0.713. The normalized spacial score (nSPS) is 10.9. The van der Waals surface area contributed by atoms with Gasteiger partial charge in [-0.1, -0.05) is 31.5 Å². The summed E-state index contributed by atoms with van der Waals surface area (Å²) in [5.74, 6) is -0.432. The van der Waals surface area contributed by atoms with Crippen LogP contribution in [0.3, 0.4) is 0 Å². The smallest absolute Gasteiger partial charge is 0.330 e. The fourth-order valence-corrected chi connectivity index (χ4v) is 3.00. The van der Waals surface area contributed by atoms with Gasteiger partial charge >= 0.3 is 5.69 Å². The fourth-order valence-electron chi connectivity index (χ4n) is 3.00. The first-order valence-electron chi connectivity index (χ1n) is 8.70. The van der Waals surface area contributed by atoms with Crippen molar-refractivity contribution >= 4 is 28.3 Å². The van der Waals surface area contributed by atoms with Gasteiger partial charge in [-0.15, -0.1) is 0 Å². The predicted octanol–water partition coefficient (Wildman–Crippen LogP) is 1.74. The first kappa shape index (κ1) is 18.4. The number of rotatable bonds is 5. The number of aromatic amines is 1. The molecule has 0 unspecified atom stereocenters. The minimum atomic E-state index is -0.695. The molecule has 2 aromatic heterocycles. The fraction of sp³-hybridized carbons (Fsp3) is 0.263. The molecule has 8 nitrogen and oxygen atoms in total. The van der Waals surface area contributed by atoms with Crippen LogP contribution in [-0.4, -0.2) is 27.5 Å². The zero-order valence-electron chi connectivity index (χ0n) is 15.2. The topological polar surface area (TPSA) is 114 Å². The summed E-state index contributed by atoms with van der Waals surface area (Å²) in [7, 11) is 1.47. The number of carbonyl (C=O) groups excluding carboxylic acids is 1. The summed E-state index contributed by atoms with van der Waals surface area (Å²) >= 11 is 0. The number of para-hydroxylation sites is 1. The van der Waals surface area contributed by atoms with E-state index in [1.807, 2.05) is 19.1 Å². The number of hydrogen-bond acceptors (Lipinski definition) is 5. The van der Waals surface area contributed by atoms with Crippen LogP contribution in [0.1, 0.15) is 30.1 Å². The molecule has 0 aliphatic rings. The molecule has 3 aromatic rings. The van der Waals surface area contributed by atoms with Crippen molar-refractivity contribution in [1.82, 2.24) is 14.5 Å². The van der Waals surface area contributed by atoms with Crippen LogP contribution >= 0.6 is 0 Å². The Hall–Kier alpha value is -3.42. The Morgan fingerprint density at radius 1 is 1.26 bits per heavy atom. The van der Waals surface area contributed by atoms with Crippen molar-refractivity contribution in [1.29, 1.82) is 0 Å². The number of amides is 1.